The third-order valence-corrected chi connectivity index (χ3v) is 3.30. The Kier molecular flexibility index (Phi) is 5.40. The Bertz CT molecular complexity index is 547. The number of aliphatic carboxylic acids is 1. The molecule has 0 aromatic heterocycles. The Morgan fingerprint density at radius 1 is 1.24 bits per heavy atom. The molecular formula is C16H20N2O3. The topological polar surface area (TPSA) is 81.6 Å². The molecule has 0 saturated heterocycles. The number of anilines is 1. The van der Waals surface area contributed by atoms with Crippen molar-refractivity contribution in [2.75, 3.05) is 11.9 Å². The fraction of sp³-hybridized carbons (Fsp3) is 0.312. The van der Waals surface area contributed by atoms with Gasteiger partial charge in [0.05, 0.1) is 6.61 Å². The molecule has 1 aromatic rings. The summed E-state index contributed by atoms with van der Waals surface area (Å²) < 4.78 is 0. The molecule has 0 aliphatic heterocycles. The molecule has 5 nitrogen and oxygen atoms in total. The molecule has 0 atom stereocenters. The number of aliphatic hydroxyl groups excluding tert-OH is 1. The van der Waals surface area contributed by atoms with Gasteiger partial charge in [-0.25, -0.2) is 0 Å². The minimum Gasteiger partial charge on any atom is -0.480 e. The number of nitrogens with one attached hydrogen (secondary N) is 2. The van der Waals surface area contributed by atoms with E-state index in [2.05, 4.69) is 10.6 Å². The summed E-state index contributed by atoms with van der Waals surface area (Å²) >= 11 is 0. The van der Waals surface area contributed by atoms with Crippen LogP contribution in [0.5, 0.6) is 0 Å². The van der Waals surface area contributed by atoms with E-state index in [-0.39, 0.29) is 13.2 Å². The predicted octanol–water partition coefficient (Wildman–Crippen LogP) is 2.22. The molecule has 21 heavy (non-hydrogen) atoms. The molecule has 4 N–H and O–H groups in total. The van der Waals surface area contributed by atoms with Crippen molar-refractivity contribution in [1.82, 2.24) is 5.32 Å². The minimum atomic E-state index is -0.853. The van der Waals surface area contributed by atoms with Crippen molar-refractivity contribution < 1.29 is 15.0 Å². The molecule has 0 bridgehead atoms. The third kappa shape index (κ3) is 4.96. The molecule has 0 saturated carbocycles. The third-order valence-electron chi connectivity index (χ3n) is 3.30. The van der Waals surface area contributed by atoms with Crippen molar-refractivity contribution in [1.29, 1.82) is 0 Å². The van der Waals surface area contributed by atoms with E-state index >= 15 is 0 Å². The quantitative estimate of drug-likeness (QED) is 0.645. The van der Waals surface area contributed by atoms with Gasteiger partial charge in [-0.15, -0.1) is 0 Å². The fourth-order valence-corrected chi connectivity index (χ4v) is 2.18. The van der Waals surface area contributed by atoms with E-state index in [1.165, 1.54) is 0 Å². The van der Waals surface area contributed by atoms with E-state index in [9.17, 15) is 4.79 Å². The lowest BCUT2D eigenvalue weighted by atomic mass is 10.00. The molecule has 0 unspecified atom stereocenters. The summed E-state index contributed by atoms with van der Waals surface area (Å²) in [4.78, 5) is 10.6. The van der Waals surface area contributed by atoms with Gasteiger partial charge in [-0.1, -0.05) is 12.1 Å². The smallest absolute Gasteiger partial charge is 0.322 e. The van der Waals surface area contributed by atoms with Gasteiger partial charge < -0.3 is 20.8 Å². The van der Waals surface area contributed by atoms with Gasteiger partial charge in [-0.05, 0) is 48.6 Å². The molecule has 1 aliphatic carbocycles. The lowest BCUT2D eigenvalue weighted by Gasteiger charge is -2.16. The van der Waals surface area contributed by atoms with Crippen LogP contribution >= 0.6 is 0 Å². The lowest BCUT2D eigenvalue weighted by Crippen LogP contribution is -2.23. The Hall–Kier alpha value is -2.27. The fourth-order valence-electron chi connectivity index (χ4n) is 2.18. The number of hydrogen-bond donors (Lipinski definition) is 4. The maximum Gasteiger partial charge on any atom is 0.322 e. The second kappa shape index (κ2) is 7.50. The molecule has 0 spiro atoms. The Labute approximate surface area is 124 Å². The van der Waals surface area contributed by atoms with Crippen LogP contribution in [0.4, 0.5) is 5.69 Å². The minimum absolute atomic E-state index is 0.0444. The monoisotopic (exact) mass is 288 g/mol. The molecule has 2 rings (SSSR count). The van der Waals surface area contributed by atoms with Gasteiger partial charge in [0.15, 0.2) is 0 Å². The van der Waals surface area contributed by atoms with Crippen molar-refractivity contribution in [2.24, 2.45) is 0 Å². The highest BCUT2D eigenvalue weighted by atomic mass is 16.4. The zero-order valence-corrected chi connectivity index (χ0v) is 11.8. The first-order chi connectivity index (χ1) is 10.2. The highest BCUT2D eigenvalue weighted by molar-refractivity contribution is 5.69. The molecule has 0 radical (unpaired) electrons. The normalized spacial score (nSPS) is 16.4. The molecule has 0 heterocycles. The zero-order chi connectivity index (χ0) is 15.1. The zero-order valence-electron chi connectivity index (χ0n) is 11.8. The van der Waals surface area contributed by atoms with E-state index in [0.29, 0.717) is 0 Å². The Morgan fingerprint density at radius 3 is 2.67 bits per heavy atom. The first-order valence-corrected chi connectivity index (χ1v) is 6.99. The first-order valence-electron chi connectivity index (χ1n) is 6.99. The number of hydrogen-bond acceptors (Lipinski definition) is 4. The summed E-state index contributed by atoms with van der Waals surface area (Å²) in [5.41, 5.74) is 3.94. The van der Waals surface area contributed by atoms with Crippen molar-refractivity contribution in [3.8, 4) is 0 Å². The van der Waals surface area contributed by atoms with E-state index in [4.69, 9.17) is 10.2 Å². The van der Waals surface area contributed by atoms with E-state index < -0.39 is 5.97 Å². The number of carboxylic acids is 1. The van der Waals surface area contributed by atoms with E-state index in [0.717, 1.165) is 41.8 Å². The summed E-state index contributed by atoms with van der Waals surface area (Å²) in [6.45, 7) is -0.00211. The lowest BCUT2D eigenvalue weighted by molar-refractivity contribution is -0.135. The van der Waals surface area contributed by atoms with Gasteiger partial charge in [0.1, 0.15) is 6.54 Å². The number of allylic oxidation sites excluding steroid dienone is 3. The average Bonchev–Trinajstić information content (AvgIpc) is 2.52. The molecule has 112 valence electrons. The number of rotatable bonds is 6. The van der Waals surface area contributed by atoms with E-state index in [1.54, 1.807) is 0 Å². The van der Waals surface area contributed by atoms with Crippen molar-refractivity contribution in [2.45, 2.75) is 25.9 Å². The highest BCUT2D eigenvalue weighted by Gasteiger charge is 2.08. The second-order valence-corrected chi connectivity index (χ2v) is 4.99. The maximum absolute atomic E-state index is 10.6. The standard InChI is InChI=1S/C16H20N2O3/c19-11-12-4-6-14(7-5-12)17-9-13-2-1-3-15(8-13)18-10-16(20)21/h4-9,17-19H,1-3,10-11H2,(H,20,21)/b13-9+. The highest BCUT2D eigenvalue weighted by Crippen LogP contribution is 2.21. The van der Waals surface area contributed by atoms with Crippen LogP contribution in [0.3, 0.4) is 0 Å². The van der Waals surface area contributed by atoms with Gasteiger partial charge in [0.25, 0.3) is 0 Å². The van der Waals surface area contributed by atoms with Gasteiger partial charge >= 0.3 is 5.97 Å². The first kappa shape index (κ1) is 15.1. The number of carboxylic acid groups (broad SMARTS) is 1. The Balaban J connectivity index is 1.95. The van der Waals surface area contributed by atoms with Gasteiger partial charge in [-0.3, -0.25) is 4.79 Å². The van der Waals surface area contributed by atoms with Gasteiger partial charge in [0, 0.05) is 17.6 Å². The number of aliphatic hydroxyl groups is 1. The van der Waals surface area contributed by atoms with Gasteiger partial charge in [0.2, 0.25) is 0 Å². The summed E-state index contributed by atoms with van der Waals surface area (Å²) in [5.74, 6) is -0.853. The van der Waals surface area contributed by atoms with Crippen LogP contribution in [0, 0.1) is 0 Å². The summed E-state index contributed by atoms with van der Waals surface area (Å²) in [6, 6.07) is 7.58. The Morgan fingerprint density at radius 2 is 2.00 bits per heavy atom. The molecule has 1 aromatic carbocycles. The molecule has 0 fully saturated rings. The summed E-state index contributed by atoms with van der Waals surface area (Å²) in [5, 5.41) is 23.8. The van der Waals surface area contributed by atoms with Crippen LogP contribution in [0.25, 0.3) is 0 Å². The number of benzene rings is 1. The molecule has 5 heteroatoms. The van der Waals surface area contributed by atoms with Crippen LogP contribution in [0.1, 0.15) is 24.8 Å². The predicted molar refractivity (Wildman–Crippen MR) is 81.6 cm³/mol. The van der Waals surface area contributed by atoms with Crippen molar-refractivity contribution in [3.63, 3.8) is 0 Å². The second-order valence-electron chi connectivity index (χ2n) is 4.99. The van der Waals surface area contributed by atoms with Crippen LogP contribution in [-0.2, 0) is 11.4 Å². The van der Waals surface area contributed by atoms with Gasteiger partial charge in [-0.2, -0.15) is 0 Å². The van der Waals surface area contributed by atoms with Crippen molar-refractivity contribution in [3.05, 3.63) is 53.4 Å². The summed E-state index contributed by atoms with van der Waals surface area (Å²) in [6.07, 6.45) is 6.81. The molecular weight excluding hydrogens is 268 g/mol. The van der Waals surface area contributed by atoms with Crippen LogP contribution in [-0.4, -0.2) is 22.7 Å². The SMILES string of the molecule is O=C(O)CNC1=C/C(=C/Nc2ccc(CO)cc2)CCC1. The van der Waals surface area contributed by atoms with E-state index in [1.807, 2.05) is 36.5 Å². The van der Waals surface area contributed by atoms with Crippen LogP contribution < -0.4 is 10.6 Å². The molecule has 0 amide bonds. The van der Waals surface area contributed by atoms with Crippen LogP contribution in [0.15, 0.2) is 47.8 Å². The average molecular weight is 288 g/mol. The van der Waals surface area contributed by atoms with Crippen LogP contribution in [0.2, 0.25) is 0 Å². The molecule has 1 aliphatic rings. The largest absolute Gasteiger partial charge is 0.480 e. The van der Waals surface area contributed by atoms with Crippen molar-refractivity contribution >= 4 is 11.7 Å². The number of carbonyl (C=O) groups is 1. The summed E-state index contributed by atoms with van der Waals surface area (Å²) in [7, 11) is 0. The maximum atomic E-state index is 10.6.